The van der Waals surface area contributed by atoms with E-state index in [4.69, 9.17) is 0 Å². The van der Waals surface area contributed by atoms with Crippen molar-refractivity contribution in [2.75, 3.05) is 31.1 Å². The van der Waals surface area contributed by atoms with E-state index in [1.54, 1.807) is 0 Å². The number of hydrogen-bond acceptors (Lipinski definition) is 2. The molecule has 2 rings (SSSR count). The molecule has 5 nitrogen and oxygen atoms in total. The number of nitrogens with one attached hydrogen (secondary N) is 2. The molecule has 1 aliphatic heterocycles. The monoisotopic (exact) mass is 344 g/mol. The second kappa shape index (κ2) is 10.1. The third-order valence-corrected chi connectivity index (χ3v) is 4.37. The van der Waals surface area contributed by atoms with Gasteiger partial charge in [0.25, 0.3) is 0 Å². The van der Waals surface area contributed by atoms with Crippen molar-refractivity contribution < 1.29 is 4.79 Å². The fraction of sp³-hybridized carbons (Fsp3) is 0.600. The van der Waals surface area contributed by atoms with E-state index >= 15 is 0 Å². The first-order chi connectivity index (χ1) is 12.1. The maximum absolute atomic E-state index is 12.5. The van der Waals surface area contributed by atoms with Gasteiger partial charge in [-0.25, -0.2) is 0 Å². The van der Waals surface area contributed by atoms with E-state index in [1.807, 2.05) is 23.1 Å². The summed E-state index contributed by atoms with van der Waals surface area (Å²) < 4.78 is 0. The summed E-state index contributed by atoms with van der Waals surface area (Å²) >= 11 is 0. The number of aliphatic imine (C=N–C) groups is 1. The first-order valence-electron chi connectivity index (χ1n) is 9.52. The standard InChI is InChI=1S/C20H32N4O/c1-4-21-20(23-14-11-16(2)3)22-13-7-10-19(25)24-15-12-17-8-5-6-9-18(17)24/h5-6,8-9,16H,4,7,10-15H2,1-3H3,(H2,21,22,23). The Kier molecular flexibility index (Phi) is 7.76. The lowest BCUT2D eigenvalue weighted by atomic mass is 10.1. The van der Waals surface area contributed by atoms with Gasteiger partial charge in [0.2, 0.25) is 5.91 Å². The minimum atomic E-state index is 0.206. The van der Waals surface area contributed by atoms with Gasteiger partial charge in [0.1, 0.15) is 0 Å². The molecular weight excluding hydrogens is 312 g/mol. The number of rotatable bonds is 8. The first kappa shape index (κ1) is 19.3. The lowest BCUT2D eigenvalue weighted by molar-refractivity contribution is -0.118. The molecule has 0 aromatic heterocycles. The van der Waals surface area contributed by atoms with E-state index < -0.39 is 0 Å². The molecule has 1 aromatic carbocycles. The van der Waals surface area contributed by atoms with Crippen LogP contribution in [0.3, 0.4) is 0 Å². The summed E-state index contributed by atoms with van der Waals surface area (Å²) in [5, 5.41) is 6.61. The second-order valence-corrected chi connectivity index (χ2v) is 6.90. The van der Waals surface area contributed by atoms with Gasteiger partial charge in [0.05, 0.1) is 0 Å². The highest BCUT2D eigenvalue weighted by molar-refractivity contribution is 5.95. The van der Waals surface area contributed by atoms with Gasteiger partial charge in [-0.3, -0.25) is 9.79 Å². The number of carbonyl (C=O) groups is 1. The molecule has 0 unspecified atom stereocenters. The average Bonchev–Trinajstić information content (AvgIpc) is 3.02. The van der Waals surface area contributed by atoms with Gasteiger partial charge in [-0.15, -0.1) is 0 Å². The van der Waals surface area contributed by atoms with Crippen LogP contribution in [0.5, 0.6) is 0 Å². The Labute approximate surface area is 151 Å². The summed E-state index contributed by atoms with van der Waals surface area (Å²) in [5.74, 6) is 1.73. The largest absolute Gasteiger partial charge is 0.357 e. The number of para-hydroxylation sites is 1. The first-order valence-corrected chi connectivity index (χ1v) is 9.52. The van der Waals surface area contributed by atoms with Crippen LogP contribution in [0.25, 0.3) is 0 Å². The van der Waals surface area contributed by atoms with Crippen molar-refractivity contribution >= 4 is 17.6 Å². The molecular formula is C20H32N4O. The molecule has 0 atom stereocenters. The van der Waals surface area contributed by atoms with Gasteiger partial charge in [-0.1, -0.05) is 32.0 Å². The van der Waals surface area contributed by atoms with Crippen LogP contribution in [0.2, 0.25) is 0 Å². The maximum atomic E-state index is 12.5. The molecule has 2 N–H and O–H groups in total. The predicted octanol–water partition coefficient (Wildman–Crippen LogP) is 2.96. The summed E-state index contributed by atoms with van der Waals surface area (Å²) in [6.07, 6.45) is 3.41. The van der Waals surface area contributed by atoms with Gasteiger partial charge in [0, 0.05) is 38.3 Å². The second-order valence-electron chi connectivity index (χ2n) is 6.90. The van der Waals surface area contributed by atoms with Gasteiger partial charge >= 0.3 is 0 Å². The van der Waals surface area contributed by atoms with Crippen LogP contribution in [0, 0.1) is 5.92 Å². The van der Waals surface area contributed by atoms with Crippen molar-refractivity contribution in [3.05, 3.63) is 29.8 Å². The van der Waals surface area contributed by atoms with Crippen molar-refractivity contribution in [2.45, 2.75) is 46.5 Å². The summed E-state index contributed by atoms with van der Waals surface area (Å²) in [5.41, 5.74) is 2.36. The molecule has 1 aromatic rings. The van der Waals surface area contributed by atoms with E-state index in [9.17, 15) is 4.79 Å². The molecule has 25 heavy (non-hydrogen) atoms. The number of nitrogens with zero attached hydrogens (tertiary/aromatic N) is 2. The fourth-order valence-electron chi connectivity index (χ4n) is 2.97. The normalized spacial score (nSPS) is 13.9. The molecule has 138 valence electrons. The number of hydrogen-bond donors (Lipinski definition) is 2. The lowest BCUT2D eigenvalue weighted by Crippen LogP contribution is -2.38. The van der Waals surface area contributed by atoms with E-state index in [1.165, 1.54) is 5.56 Å². The van der Waals surface area contributed by atoms with Gasteiger partial charge in [-0.05, 0) is 43.7 Å². The molecule has 5 heteroatoms. The van der Waals surface area contributed by atoms with Gasteiger partial charge < -0.3 is 15.5 Å². The number of fused-ring (bicyclic) bond motifs is 1. The zero-order chi connectivity index (χ0) is 18.1. The van der Waals surface area contributed by atoms with Crippen molar-refractivity contribution in [3.63, 3.8) is 0 Å². The zero-order valence-electron chi connectivity index (χ0n) is 15.8. The smallest absolute Gasteiger partial charge is 0.227 e. The highest BCUT2D eigenvalue weighted by Gasteiger charge is 2.23. The predicted molar refractivity (Wildman–Crippen MR) is 105 cm³/mol. The Morgan fingerprint density at radius 1 is 1.28 bits per heavy atom. The number of benzene rings is 1. The van der Waals surface area contributed by atoms with Crippen LogP contribution in [0.4, 0.5) is 5.69 Å². The highest BCUT2D eigenvalue weighted by Crippen LogP contribution is 2.27. The molecule has 0 aliphatic carbocycles. The molecule has 0 saturated carbocycles. The van der Waals surface area contributed by atoms with Crippen molar-refractivity contribution in [1.29, 1.82) is 0 Å². The number of amides is 1. The Bertz CT molecular complexity index is 583. The van der Waals surface area contributed by atoms with E-state index in [0.29, 0.717) is 18.9 Å². The maximum Gasteiger partial charge on any atom is 0.227 e. The fourth-order valence-corrected chi connectivity index (χ4v) is 2.97. The minimum absolute atomic E-state index is 0.206. The van der Waals surface area contributed by atoms with Crippen molar-refractivity contribution in [3.8, 4) is 0 Å². The SMILES string of the molecule is CCNC(=NCCCC(=O)N1CCc2ccccc21)NCCC(C)C. The summed E-state index contributed by atoms with van der Waals surface area (Å²) in [4.78, 5) is 19.0. The number of guanidine groups is 1. The van der Waals surface area contributed by atoms with Gasteiger partial charge in [0.15, 0.2) is 5.96 Å². The van der Waals surface area contributed by atoms with E-state index in [0.717, 1.165) is 50.5 Å². The van der Waals surface area contributed by atoms with Crippen LogP contribution in [0.15, 0.2) is 29.3 Å². The lowest BCUT2D eigenvalue weighted by Gasteiger charge is -2.17. The molecule has 1 aliphatic rings. The van der Waals surface area contributed by atoms with Crippen LogP contribution < -0.4 is 15.5 Å². The van der Waals surface area contributed by atoms with Crippen LogP contribution in [0.1, 0.15) is 45.6 Å². The quantitative estimate of drug-likeness (QED) is 0.433. The third kappa shape index (κ3) is 6.07. The summed E-state index contributed by atoms with van der Waals surface area (Å²) in [6, 6.07) is 8.19. The van der Waals surface area contributed by atoms with Crippen LogP contribution in [-0.4, -0.2) is 38.0 Å². The van der Waals surface area contributed by atoms with E-state index in [-0.39, 0.29) is 5.91 Å². The Balaban J connectivity index is 1.76. The van der Waals surface area contributed by atoms with Crippen LogP contribution in [-0.2, 0) is 11.2 Å². The zero-order valence-corrected chi connectivity index (χ0v) is 15.8. The van der Waals surface area contributed by atoms with Crippen molar-refractivity contribution in [1.82, 2.24) is 10.6 Å². The number of carbonyl (C=O) groups excluding carboxylic acids is 1. The molecule has 0 radical (unpaired) electrons. The molecule has 0 spiro atoms. The Morgan fingerprint density at radius 2 is 2.08 bits per heavy atom. The van der Waals surface area contributed by atoms with Gasteiger partial charge in [-0.2, -0.15) is 0 Å². The Morgan fingerprint density at radius 3 is 2.84 bits per heavy atom. The van der Waals surface area contributed by atoms with E-state index in [2.05, 4.69) is 42.5 Å². The van der Waals surface area contributed by atoms with Crippen LogP contribution >= 0.6 is 0 Å². The molecule has 0 fully saturated rings. The Hall–Kier alpha value is -2.04. The molecule has 0 bridgehead atoms. The minimum Gasteiger partial charge on any atom is -0.357 e. The summed E-state index contributed by atoms with van der Waals surface area (Å²) in [7, 11) is 0. The molecule has 0 saturated heterocycles. The molecule has 1 amide bonds. The number of anilines is 1. The third-order valence-electron chi connectivity index (χ3n) is 4.37. The summed E-state index contributed by atoms with van der Waals surface area (Å²) in [6.45, 7) is 9.73. The average molecular weight is 345 g/mol. The molecule has 1 heterocycles. The topological polar surface area (TPSA) is 56.7 Å². The highest BCUT2D eigenvalue weighted by atomic mass is 16.2. The van der Waals surface area contributed by atoms with Crippen molar-refractivity contribution in [2.24, 2.45) is 10.9 Å².